The minimum atomic E-state index is 0.349. The number of rotatable bonds is 5. The summed E-state index contributed by atoms with van der Waals surface area (Å²) in [4.78, 5) is 4.91. The van der Waals surface area contributed by atoms with Crippen molar-refractivity contribution in [3.05, 3.63) is 29.8 Å². The van der Waals surface area contributed by atoms with E-state index in [1.807, 2.05) is 0 Å². The molecule has 1 heterocycles. The van der Waals surface area contributed by atoms with Gasteiger partial charge in [0.25, 0.3) is 0 Å². The second-order valence-electron chi connectivity index (χ2n) is 6.20. The SMILES string of the molecule is CCC(c1ccc(O)cc1)N(C)CC1CCN(C)CC1. The van der Waals surface area contributed by atoms with E-state index in [2.05, 4.69) is 43.0 Å². The molecule has 1 aliphatic rings. The molecule has 1 unspecified atom stereocenters. The zero-order valence-corrected chi connectivity index (χ0v) is 13.0. The van der Waals surface area contributed by atoms with Crippen molar-refractivity contribution in [1.29, 1.82) is 0 Å². The first-order valence-electron chi connectivity index (χ1n) is 7.78. The van der Waals surface area contributed by atoms with Crippen molar-refractivity contribution < 1.29 is 5.11 Å². The summed E-state index contributed by atoms with van der Waals surface area (Å²) in [7, 11) is 4.45. The van der Waals surface area contributed by atoms with Gasteiger partial charge in [0.2, 0.25) is 0 Å². The number of nitrogens with zero attached hydrogens (tertiary/aromatic N) is 2. The van der Waals surface area contributed by atoms with Gasteiger partial charge in [-0.15, -0.1) is 0 Å². The van der Waals surface area contributed by atoms with E-state index in [0.29, 0.717) is 11.8 Å². The lowest BCUT2D eigenvalue weighted by atomic mass is 9.95. The van der Waals surface area contributed by atoms with Crippen molar-refractivity contribution >= 4 is 0 Å². The molecular weight excluding hydrogens is 248 g/mol. The van der Waals surface area contributed by atoms with Crippen LogP contribution in [0.3, 0.4) is 0 Å². The fourth-order valence-electron chi connectivity index (χ4n) is 3.28. The standard InChI is InChI=1S/C17H28N2O/c1-4-17(15-5-7-16(20)8-6-15)19(3)13-14-9-11-18(2)12-10-14/h5-8,14,17,20H,4,9-13H2,1-3H3. The van der Waals surface area contributed by atoms with Gasteiger partial charge in [-0.3, -0.25) is 4.90 Å². The summed E-state index contributed by atoms with van der Waals surface area (Å²) in [5.74, 6) is 1.17. The van der Waals surface area contributed by atoms with Gasteiger partial charge < -0.3 is 10.0 Å². The van der Waals surface area contributed by atoms with E-state index in [4.69, 9.17) is 0 Å². The number of likely N-dealkylation sites (tertiary alicyclic amines) is 1. The van der Waals surface area contributed by atoms with Crippen LogP contribution in [0.1, 0.15) is 37.8 Å². The Bertz CT molecular complexity index is 396. The van der Waals surface area contributed by atoms with Gasteiger partial charge in [0, 0.05) is 12.6 Å². The summed E-state index contributed by atoms with van der Waals surface area (Å²) >= 11 is 0. The highest BCUT2D eigenvalue weighted by atomic mass is 16.3. The predicted octanol–water partition coefficient (Wildman–Crippen LogP) is 3.12. The monoisotopic (exact) mass is 276 g/mol. The number of phenolic OH excluding ortho intramolecular Hbond substituents is 1. The van der Waals surface area contributed by atoms with Gasteiger partial charge in [-0.05, 0) is 70.1 Å². The van der Waals surface area contributed by atoms with Gasteiger partial charge in [-0.1, -0.05) is 19.1 Å². The van der Waals surface area contributed by atoms with Crippen molar-refractivity contribution in [3.8, 4) is 5.75 Å². The molecule has 1 aliphatic heterocycles. The first kappa shape index (κ1) is 15.3. The summed E-state index contributed by atoms with van der Waals surface area (Å²) < 4.78 is 0. The molecule has 0 bridgehead atoms. The highest BCUT2D eigenvalue weighted by molar-refractivity contribution is 5.28. The fourth-order valence-corrected chi connectivity index (χ4v) is 3.28. The normalized spacial score (nSPS) is 19.4. The number of piperidine rings is 1. The fraction of sp³-hybridized carbons (Fsp3) is 0.647. The van der Waals surface area contributed by atoms with Crippen LogP contribution in [-0.2, 0) is 0 Å². The van der Waals surface area contributed by atoms with Crippen LogP contribution in [0.15, 0.2) is 24.3 Å². The van der Waals surface area contributed by atoms with Crippen LogP contribution in [0.2, 0.25) is 0 Å². The topological polar surface area (TPSA) is 26.7 Å². The lowest BCUT2D eigenvalue weighted by Crippen LogP contribution is -2.37. The third-order valence-electron chi connectivity index (χ3n) is 4.58. The molecule has 0 saturated carbocycles. The summed E-state index contributed by atoms with van der Waals surface area (Å²) in [5.41, 5.74) is 1.31. The average molecular weight is 276 g/mol. The molecule has 1 saturated heterocycles. The Labute approximate surface area is 123 Å². The molecule has 1 fully saturated rings. The van der Waals surface area contributed by atoms with E-state index < -0.39 is 0 Å². The van der Waals surface area contributed by atoms with Gasteiger partial charge in [0.05, 0.1) is 0 Å². The van der Waals surface area contributed by atoms with Crippen LogP contribution in [0.25, 0.3) is 0 Å². The first-order chi connectivity index (χ1) is 9.60. The third-order valence-corrected chi connectivity index (χ3v) is 4.58. The Kier molecular flexibility index (Phi) is 5.44. The van der Waals surface area contributed by atoms with Crippen LogP contribution < -0.4 is 0 Å². The summed E-state index contributed by atoms with van der Waals surface area (Å²) in [5, 5.41) is 9.42. The molecule has 0 aromatic heterocycles. The molecule has 3 nitrogen and oxygen atoms in total. The highest BCUT2D eigenvalue weighted by Crippen LogP contribution is 2.27. The molecule has 3 heteroatoms. The zero-order valence-electron chi connectivity index (χ0n) is 13.0. The lowest BCUT2D eigenvalue weighted by Gasteiger charge is -2.35. The maximum Gasteiger partial charge on any atom is 0.115 e. The number of benzene rings is 1. The van der Waals surface area contributed by atoms with Gasteiger partial charge >= 0.3 is 0 Å². The quantitative estimate of drug-likeness (QED) is 0.895. The van der Waals surface area contributed by atoms with Gasteiger partial charge in [0.1, 0.15) is 5.75 Å². The summed E-state index contributed by atoms with van der Waals surface area (Å²) in [6.07, 6.45) is 3.73. The molecule has 20 heavy (non-hydrogen) atoms. The Morgan fingerprint density at radius 2 is 1.85 bits per heavy atom. The minimum absolute atomic E-state index is 0.349. The van der Waals surface area contributed by atoms with E-state index in [1.54, 1.807) is 12.1 Å². The van der Waals surface area contributed by atoms with Gasteiger partial charge in [0.15, 0.2) is 0 Å². The van der Waals surface area contributed by atoms with Crippen molar-refractivity contribution in [2.24, 2.45) is 5.92 Å². The van der Waals surface area contributed by atoms with Crippen LogP contribution in [-0.4, -0.2) is 48.6 Å². The molecule has 1 N–H and O–H groups in total. The van der Waals surface area contributed by atoms with E-state index in [9.17, 15) is 5.11 Å². The lowest BCUT2D eigenvalue weighted by molar-refractivity contribution is 0.147. The van der Waals surface area contributed by atoms with E-state index in [-0.39, 0.29) is 0 Å². The van der Waals surface area contributed by atoms with Crippen LogP contribution in [0.5, 0.6) is 5.75 Å². The number of hydrogen-bond donors (Lipinski definition) is 1. The second kappa shape index (κ2) is 7.09. The highest BCUT2D eigenvalue weighted by Gasteiger charge is 2.22. The van der Waals surface area contributed by atoms with Crippen molar-refractivity contribution in [2.45, 2.75) is 32.2 Å². The minimum Gasteiger partial charge on any atom is -0.508 e. The van der Waals surface area contributed by atoms with Gasteiger partial charge in [-0.25, -0.2) is 0 Å². The van der Waals surface area contributed by atoms with Crippen molar-refractivity contribution in [3.63, 3.8) is 0 Å². The largest absolute Gasteiger partial charge is 0.508 e. The van der Waals surface area contributed by atoms with E-state index >= 15 is 0 Å². The molecule has 0 radical (unpaired) electrons. The Balaban J connectivity index is 1.95. The summed E-state index contributed by atoms with van der Waals surface area (Å²) in [6.45, 7) is 5.87. The average Bonchev–Trinajstić information content (AvgIpc) is 2.44. The molecule has 1 atom stereocenters. The Hall–Kier alpha value is -1.06. The summed E-state index contributed by atoms with van der Waals surface area (Å²) in [6, 6.07) is 8.14. The molecule has 2 rings (SSSR count). The zero-order chi connectivity index (χ0) is 14.5. The molecule has 0 spiro atoms. The predicted molar refractivity (Wildman–Crippen MR) is 84.0 cm³/mol. The first-order valence-corrected chi connectivity index (χ1v) is 7.78. The van der Waals surface area contributed by atoms with Crippen molar-refractivity contribution in [2.75, 3.05) is 33.7 Å². The van der Waals surface area contributed by atoms with Crippen LogP contribution in [0, 0.1) is 5.92 Å². The molecule has 1 aromatic carbocycles. The Morgan fingerprint density at radius 1 is 1.25 bits per heavy atom. The number of aromatic hydroxyl groups is 1. The maximum absolute atomic E-state index is 9.42. The number of hydrogen-bond acceptors (Lipinski definition) is 3. The van der Waals surface area contributed by atoms with E-state index in [0.717, 1.165) is 12.3 Å². The smallest absolute Gasteiger partial charge is 0.115 e. The van der Waals surface area contributed by atoms with Crippen LogP contribution >= 0.6 is 0 Å². The Morgan fingerprint density at radius 3 is 2.40 bits per heavy atom. The molecule has 0 aliphatic carbocycles. The van der Waals surface area contributed by atoms with Crippen molar-refractivity contribution in [1.82, 2.24) is 9.80 Å². The van der Waals surface area contributed by atoms with Gasteiger partial charge in [-0.2, -0.15) is 0 Å². The van der Waals surface area contributed by atoms with Crippen LogP contribution in [0.4, 0.5) is 0 Å². The third kappa shape index (κ3) is 3.97. The van der Waals surface area contributed by atoms with E-state index in [1.165, 1.54) is 38.0 Å². The molecule has 112 valence electrons. The number of phenols is 1. The maximum atomic E-state index is 9.42. The molecular formula is C17H28N2O. The molecule has 0 amide bonds. The molecule has 1 aromatic rings. The second-order valence-corrected chi connectivity index (χ2v) is 6.20.